The monoisotopic (exact) mass is 501 g/mol. The van der Waals surface area contributed by atoms with Gasteiger partial charge in [0.2, 0.25) is 5.91 Å². The molecule has 0 bridgehead atoms. The molecule has 188 valence electrons. The number of hydrogen-bond donors (Lipinski definition) is 0. The van der Waals surface area contributed by atoms with Crippen LogP contribution in [0, 0.1) is 17.0 Å². The molecule has 3 aliphatic rings. The van der Waals surface area contributed by atoms with Gasteiger partial charge in [0.1, 0.15) is 23.8 Å². The van der Waals surface area contributed by atoms with E-state index in [1.807, 2.05) is 5.01 Å². The second-order valence-corrected chi connectivity index (χ2v) is 9.56. The van der Waals surface area contributed by atoms with E-state index in [1.54, 1.807) is 11.1 Å². The standard InChI is InChI=1S/C24H23F4N7O/c25-17-7-15(8-18(26)9-17)20-1-4-33-13-24(22(36)35(20)33)2-5-32(6-3-24)21-10-19(29-14-30-21)16-11-31-34(12-16)23(27)28/h7-12,14,20,23H,1-6,13H2/t20-/m0/s1. The molecule has 1 atom stereocenters. The Kier molecular flexibility index (Phi) is 5.43. The molecule has 3 saturated heterocycles. The summed E-state index contributed by atoms with van der Waals surface area (Å²) in [7, 11) is 0. The van der Waals surface area contributed by atoms with Gasteiger partial charge in [-0.15, -0.1) is 0 Å². The average Bonchev–Trinajstić information content (AvgIpc) is 3.56. The zero-order valence-corrected chi connectivity index (χ0v) is 19.2. The van der Waals surface area contributed by atoms with Gasteiger partial charge in [-0.05, 0) is 37.0 Å². The molecule has 6 rings (SSSR count). The van der Waals surface area contributed by atoms with E-state index in [0.717, 1.165) is 6.07 Å². The Bertz CT molecular complexity index is 1290. The van der Waals surface area contributed by atoms with Crippen LogP contribution in [-0.2, 0) is 4.79 Å². The summed E-state index contributed by atoms with van der Waals surface area (Å²) >= 11 is 0. The highest BCUT2D eigenvalue weighted by Crippen LogP contribution is 2.47. The summed E-state index contributed by atoms with van der Waals surface area (Å²) in [5, 5.41) is 7.37. The van der Waals surface area contributed by atoms with Gasteiger partial charge in [-0.25, -0.2) is 28.4 Å². The number of amides is 1. The zero-order valence-electron chi connectivity index (χ0n) is 19.2. The predicted octanol–water partition coefficient (Wildman–Crippen LogP) is 3.80. The summed E-state index contributed by atoms with van der Waals surface area (Å²) in [5.41, 5.74) is 0.865. The molecular weight excluding hydrogens is 478 g/mol. The molecule has 3 aromatic rings. The van der Waals surface area contributed by atoms with E-state index in [1.165, 1.54) is 30.9 Å². The molecule has 0 aliphatic carbocycles. The van der Waals surface area contributed by atoms with Crippen molar-refractivity contribution < 1.29 is 22.4 Å². The normalized spacial score (nSPS) is 21.7. The first-order chi connectivity index (χ1) is 17.3. The Morgan fingerprint density at radius 3 is 2.44 bits per heavy atom. The van der Waals surface area contributed by atoms with Gasteiger partial charge in [0.15, 0.2) is 0 Å². The molecular formula is C24H23F4N7O. The lowest BCUT2D eigenvalue weighted by atomic mass is 9.77. The molecule has 36 heavy (non-hydrogen) atoms. The van der Waals surface area contributed by atoms with E-state index < -0.39 is 23.6 Å². The number of hydrogen-bond acceptors (Lipinski definition) is 6. The Morgan fingerprint density at radius 2 is 1.75 bits per heavy atom. The van der Waals surface area contributed by atoms with E-state index in [9.17, 15) is 22.4 Å². The van der Waals surface area contributed by atoms with Gasteiger partial charge in [-0.2, -0.15) is 13.9 Å². The van der Waals surface area contributed by atoms with Crippen molar-refractivity contribution in [3.8, 4) is 11.3 Å². The quantitative estimate of drug-likeness (QED) is 0.507. The molecule has 3 fully saturated rings. The van der Waals surface area contributed by atoms with Crippen molar-refractivity contribution in [1.29, 1.82) is 0 Å². The van der Waals surface area contributed by atoms with Crippen LogP contribution >= 0.6 is 0 Å². The minimum atomic E-state index is -2.73. The number of fused-ring (bicyclic) bond motifs is 1. The minimum Gasteiger partial charge on any atom is -0.356 e. The number of aromatic nitrogens is 4. The van der Waals surface area contributed by atoms with Crippen LogP contribution in [0.1, 0.15) is 37.4 Å². The average molecular weight is 501 g/mol. The lowest BCUT2D eigenvalue weighted by molar-refractivity contribution is -0.143. The molecule has 0 radical (unpaired) electrons. The number of halogens is 4. The topological polar surface area (TPSA) is 70.4 Å². The van der Waals surface area contributed by atoms with Crippen LogP contribution in [0.25, 0.3) is 11.3 Å². The molecule has 3 aliphatic heterocycles. The number of benzene rings is 1. The van der Waals surface area contributed by atoms with Crippen molar-refractivity contribution >= 4 is 11.7 Å². The second-order valence-electron chi connectivity index (χ2n) is 9.56. The molecule has 0 N–H and O–H groups in total. The Labute approximate surface area is 204 Å². The Hall–Kier alpha value is -3.54. The van der Waals surface area contributed by atoms with Gasteiger partial charge in [-0.1, -0.05) is 0 Å². The fraction of sp³-hybridized carbons (Fsp3) is 0.417. The predicted molar refractivity (Wildman–Crippen MR) is 121 cm³/mol. The van der Waals surface area contributed by atoms with Gasteiger partial charge in [0.05, 0.1) is 23.3 Å². The number of carbonyl (C=O) groups is 1. The highest BCUT2D eigenvalue weighted by atomic mass is 19.3. The van der Waals surface area contributed by atoms with Crippen LogP contribution < -0.4 is 4.90 Å². The van der Waals surface area contributed by atoms with Crippen LogP contribution in [0.2, 0.25) is 0 Å². The van der Waals surface area contributed by atoms with Crippen LogP contribution in [-0.4, -0.2) is 61.9 Å². The van der Waals surface area contributed by atoms with E-state index >= 15 is 0 Å². The number of carbonyl (C=O) groups excluding carboxylic acids is 1. The first kappa shape index (κ1) is 22.9. The maximum atomic E-state index is 13.8. The lowest BCUT2D eigenvalue weighted by Gasteiger charge is -2.38. The van der Waals surface area contributed by atoms with Gasteiger partial charge in [0, 0.05) is 50.1 Å². The summed E-state index contributed by atoms with van der Waals surface area (Å²) < 4.78 is 54.0. The zero-order chi connectivity index (χ0) is 25.0. The molecule has 1 aromatic carbocycles. The van der Waals surface area contributed by atoms with Gasteiger partial charge in [-0.3, -0.25) is 9.80 Å². The fourth-order valence-corrected chi connectivity index (χ4v) is 5.65. The third-order valence-corrected chi connectivity index (χ3v) is 7.47. The summed E-state index contributed by atoms with van der Waals surface area (Å²) in [5.74, 6) is -0.649. The third-order valence-electron chi connectivity index (χ3n) is 7.47. The number of nitrogens with zero attached hydrogens (tertiary/aromatic N) is 7. The summed E-state index contributed by atoms with van der Waals surface area (Å²) in [6.07, 6.45) is 5.80. The summed E-state index contributed by atoms with van der Waals surface area (Å²) in [4.78, 5) is 24.2. The Balaban J connectivity index is 1.17. The largest absolute Gasteiger partial charge is 0.356 e. The SMILES string of the molecule is O=C1N2[C@H](c3cc(F)cc(F)c3)CCN2CC12CCN(c1cc(-c3cnn(C(F)F)c3)ncn1)CC2. The van der Waals surface area contributed by atoms with Crippen molar-refractivity contribution in [2.75, 3.05) is 31.1 Å². The minimum absolute atomic E-state index is 0.00268. The second kappa shape index (κ2) is 8.54. The highest BCUT2D eigenvalue weighted by Gasteiger charge is 2.56. The molecule has 5 heterocycles. The maximum absolute atomic E-state index is 13.8. The molecule has 8 nitrogen and oxygen atoms in total. The highest BCUT2D eigenvalue weighted by molar-refractivity contribution is 5.85. The van der Waals surface area contributed by atoms with Crippen molar-refractivity contribution in [2.24, 2.45) is 5.41 Å². The molecule has 0 saturated carbocycles. The van der Waals surface area contributed by atoms with E-state index in [4.69, 9.17) is 0 Å². The maximum Gasteiger partial charge on any atom is 0.333 e. The van der Waals surface area contributed by atoms with Crippen molar-refractivity contribution in [3.05, 3.63) is 60.2 Å². The molecule has 0 unspecified atom stereocenters. The van der Waals surface area contributed by atoms with Crippen molar-refractivity contribution in [1.82, 2.24) is 29.8 Å². The van der Waals surface area contributed by atoms with Gasteiger partial charge >= 0.3 is 6.55 Å². The molecule has 12 heteroatoms. The Morgan fingerprint density at radius 1 is 1.00 bits per heavy atom. The van der Waals surface area contributed by atoms with E-state index in [0.29, 0.717) is 72.8 Å². The molecule has 1 spiro atoms. The number of alkyl halides is 2. The van der Waals surface area contributed by atoms with Gasteiger partial charge < -0.3 is 4.90 Å². The molecule has 2 aromatic heterocycles. The summed E-state index contributed by atoms with van der Waals surface area (Å²) in [6.45, 7) is -0.330. The fourth-order valence-electron chi connectivity index (χ4n) is 5.65. The third kappa shape index (κ3) is 3.80. The first-order valence-corrected chi connectivity index (χ1v) is 11.8. The number of piperidine rings is 1. The van der Waals surface area contributed by atoms with Crippen LogP contribution in [0.4, 0.5) is 23.4 Å². The van der Waals surface area contributed by atoms with Crippen LogP contribution in [0.15, 0.2) is 43.0 Å². The van der Waals surface area contributed by atoms with Crippen molar-refractivity contribution in [3.63, 3.8) is 0 Å². The molecule has 1 amide bonds. The lowest BCUT2D eigenvalue weighted by Crippen LogP contribution is -2.46. The van der Waals surface area contributed by atoms with Crippen molar-refractivity contribution in [2.45, 2.75) is 31.9 Å². The number of hydrazine groups is 1. The van der Waals surface area contributed by atoms with Gasteiger partial charge in [0.25, 0.3) is 0 Å². The first-order valence-electron chi connectivity index (χ1n) is 11.8. The van der Waals surface area contributed by atoms with Crippen LogP contribution in [0.3, 0.4) is 0 Å². The van der Waals surface area contributed by atoms with Crippen LogP contribution in [0.5, 0.6) is 0 Å². The number of anilines is 1. The van der Waals surface area contributed by atoms with E-state index in [2.05, 4.69) is 20.0 Å². The smallest absolute Gasteiger partial charge is 0.333 e. The van der Waals surface area contributed by atoms with E-state index in [-0.39, 0.29) is 11.9 Å². The number of rotatable bonds is 4. The summed E-state index contributed by atoms with van der Waals surface area (Å²) in [6, 6.07) is 4.80.